The Kier molecular flexibility index (Phi) is 13.9. The number of pyridine rings is 1. The van der Waals surface area contributed by atoms with Crippen LogP contribution in [-0.2, 0) is 39.2 Å². The molecule has 3 aromatic carbocycles. The number of anilines is 3. The van der Waals surface area contributed by atoms with Crippen LogP contribution >= 0.6 is 0 Å². The van der Waals surface area contributed by atoms with Crippen molar-refractivity contribution in [2.45, 2.75) is 45.8 Å². The highest BCUT2D eigenvalue weighted by molar-refractivity contribution is 6.07. The number of carbonyl (C=O) groups excluding carboxylic acids is 4. The summed E-state index contributed by atoms with van der Waals surface area (Å²) in [6.45, 7) is 2.90. The molecule has 0 unspecified atom stereocenters. The van der Waals surface area contributed by atoms with Gasteiger partial charge in [0.25, 0.3) is 5.91 Å². The van der Waals surface area contributed by atoms with Gasteiger partial charge >= 0.3 is 18.2 Å². The Morgan fingerprint density at radius 2 is 1.65 bits per heavy atom. The maximum atomic E-state index is 13.6. The minimum Gasteiger partial charge on any atom is -0.469 e. The van der Waals surface area contributed by atoms with Crippen molar-refractivity contribution in [2.75, 3.05) is 35.8 Å². The van der Waals surface area contributed by atoms with E-state index in [9.17, 15) is 19.2 Å². The van der Waals surface area contributed by atoms with Crippen molar-refractivity contribution >= 4 is 58.1 Å². The van der Waals surface area contributed by atoms with Crippen molar-refractivity contribution in [3.8, 4) is 0 Å². The van der Waals surface area contributed by atoms with Crippen molar-refractivity contribution in [2.24, 2.45) is 17.8 Å². The lowest BCUT2D eigenvalue weighted by atomic mass is 10.1. The van der Waals surface area contributed by atoms with Gasteiger partial charge in [-0.1, -0.05) is 38.0 Å². The summed E-state index contributed by atoms with van der Waals surface area (Å²) in [5.74, 6) is 0.407. The van der Waals surface area contributed by atoms with E-state index in [0.717, 1.165) is 36.3 Å². The molecule has 0 bridgehead atoms. The van der Waals surface area contributed by atoms with E-state index >= 15 is 0 Å². The van der Waals surface area contributed by atoms with Crippen molar-refractivity contribution in [3.63, 3.8) is 0 Å². The van der Waals surface area contributed by atoms with Crippen LogP contribution in [0.25, 0.3) is 11.0 Å². The molecule has 0 fully saturated rings. The van der Waals surface area contributed by atoms with E-state index in [4.69, 9.17) is 24.9 Å². The van der Waals surface area contributed by atoms with Crippen LogP contribution < -0.4 is 21.3 Å². The molecule has 286 valence electrons. The van der Waals surface area contributed by atoms with Crippen molar-refractivity contribution in [1.82, 2.24) is 14.5 Å². The summed E-state index contributed by atoms with van der Waals surface area (Å²) in [7, 11) is 3.20. The lowest BCUT2D eigenvalue weighted by Gasteiger charge is -2.21. The fraction of sp³-hybridized carbons (Fsp3) is 0.275. The van der Waals surface area contributed by atoms with E-state index in [1.807, 2.05) is 17.7 Å². The minimum absolute atomic E-state index is 0.00107. The highest BCUT2D eigenvalue weighted by Gasteiger charge is 2.21. The first-order valence-electron chi connectivity index (χ1n) is 17.8. The normalized spacial score (nSPS) is 11.1. The third-order valence-corrected chi connectivity index (χ3v) is 8.55. The van der Waals surface area contributed by atoms with Gasteiger partial charge in [0, 0.05) is 42.3 Å². The van der Waals surface area contributed by atoms with Gasteiger partial charge in [-0.25, -0.2) is 19.6 Å². The highest BCUT2D eigenvalue weighted by atomic mass is 16.6. The fourth-order valence-corrected chi connectivity index (χ4v) is 5.47. The van der Waals surface area contributed by atoms with Crippen LogP contribution in [0.2, 0.25) is 0 Å². The number of unbranched alkanes of at least 4 members (excludes halogenated alkanes) is 2. The molecule has 3 amide bonds. The van der Waals surface area contributed by atoms with E-state index in [1.165, 1.54) is 12.0 Å². The number of amides is 3. The summed E-state index contributed by atoms with van der Waals surface area (Å²) in [6, 6.07) is 24.4. The first-order valence-corrected chi connectivity index (χ1v) is 17.8. The number of imidazole rings is 1. The van der Waals surface area contributed by atoms with Crippen LogP contribution in [0.5, 0.6) is 0 Å². The van der Waals surface area contributed by atoms with Crippen molar-refractivity contribution in [3.05, 3.63) is 114 Å². The molecule has 0 aliphatic heterocycles. The number of fused-ring (bicyclic) bond motifs is 1. The van der Waals surface area contributed by atoms with Gasteiger partial charge in [0.2, 0.25) is 0 Å². The van der Waals surface area contributed by atoms with E-state index in [2.05, 4.69) is 27.5 Å². The van der Waals surface area contributed by atoms with E-state index < -0.39 is 18.2 Å². The van der Waals surface area contributed by atoms with Crippen LogP contribution in [0.15, 0.2) is 96.1 Å². The number of carbonyl (C=O) groups is 4. The zero-order valence-corrected chi connectivity index (χ0v) is 31.0. The number of rotatable bonds is 16. The topological polar surface area (TPSA) is 192 Å². The predicted octanol–water partition coefficient (Wildman–Crippen LogP) is 6.57. The number of nitrogens with zero attached hydrogens (tertiary/aromatic N) is 5. The predicted molar refractivity (Wildman–Crippen MR) is 209 cm³/mol. The molecule has 5 rings (SSSR count). The summed E-state index contributed by atoms with van der Waals surface area (Å²) in [5, 5.41) is 6.00. The monoisotopic (exact) mass is 748 g/mol. The Bertz CT molecular complexity index is 2120. The molecular weight excluding hydrogens is 704 g/mol. The molecule has 0 saturated carbocycles. The molecule has 0 radical (unpaired) electrons. The van der Waals surface area contributed by atoms with Gasteiger partial charge in [-0.2, -0.15) is 4.99 Å². The molecule has 5 aromatic rings. The molecule has 4 N–H and O–H groups in total. The largest absolute Gasteiger partial charge is 0.469 e. The third-order valence-electron chi connectivity index (χ3n) is 8.55. The zero-order chi connectivity index (χ0) is 39.2. The number of aliphatic imine (C=N–C) groups is 1. The van der Waals surface area contributed by atoms with Crippen LogP contribution in [0.4, 0.5) is 26.8 Å². The van der Waals surface area contributed by atoms with Crippen LogP contribution in [0, 0.1) is 0 Å². The number of aryl methyl sites for hydroxylation is 1. The number of methoxy groups -OCH3 is 1. The number of hydrogen-bond donors (Lipinski definition) is 3. The summed E-state index contributed by atoms with van der Waals surface area (Å²) in [4.78, 5) is 64.1. The number of benzene rings is 3. The second-order valence-electron chi connectivity index (χ2n) is 12.4. The fourth-order valence-electron chi connectivity index (χ4n) is 5.47. The smallest absolute Gasteiger partial charge is 0.435 e. The van der Waals surface area contributed by atoms with Crippen molar-refractivity contribution in [1.29, 1.82) is 0 Å². The molecule has 15 heteroatoms. The minimum atomic E-state index is -0.838. The number of nitrogens with one attached hydrogen (secondary N) is 2. The Morgan fingerprint density at radius 3 is 2.36 bits per heavy atom. The first kappa shape index (κ1) is 39.4. The number of amidine groups is 1. The summed E-state index contributed by atoms with van der Waals surface area (Å²) in [5.41, 5.74) is 10.5. The lowest BCUT2D eigenvalue weighted by Crippen LogP contribution is -2.33. The maximum Gasteiger partial charge on any atom is 0.435 e. The van der Waals surface area contributed by atoms with E-state index in [0.29, 0.717) is 46.9 Å². The van der Waals surface area contributed by atoms with Gasteiger partial charge in [-0.05, 0) is 78.7 Å². The summed E-state index contributed by atoms with van der Waals surface area (Å²) < 4.78 is 17.1. The van der Waals surface area contributed by atoms with Gasteiger partial charge < -0.3 is 29.8 Å². The highest BCUT2D eigenvalue weighted by Crippen LogP contribution is 2.22. The summed E-state index contributed by atoms with van der Waals surface area (Å²) >= 11 is 0. The lowest BCUT2D eigenvalue weighted by molar-refractivity contribution is -0.140. The molecule has 0 aliphatic carbocycles. The Labute approximate surface area is 318 Å². The number of esters is 1. The van der Waals surface area contributed by atoms with Crippen LogP contribution in [0.1, 0.15) is 59.9 Å². The molecule has 15 nitrogen and oxygen atoms in total. The number of nitrogens with two attached hydrogens (primary N) is 1. The number of hydrogen-bond acceptors (Lipinski definition) is 10. The first-order chi connectivity index (χ1) is 26.6. The quantitative estimate of drug-likeness (QED) is 0.0325. The Balaban J connectivity index is 1.14. The van der Waals surface area contributed by atoms with Gasteiger partial charge in [-0.15, -0.1) is 0 Å². The Hall–Kier alpha value is -6.77. The van der Waals surface area contributed by atoms with Crippen molar-refractivity contribution < 1.29 is 33.4 Å². The SMILES string of the molecule is CCCCCOC(=O)Nc1ccc(COC(=O)/N=C(\N)c2ccc(NCc3nc4cc(C(=O)N(CCC(=O)OC)c5ccccn5)ccc4n3C)cc2)cc1. The Morgan fingerprint density at radius 1 is 0.909 bits per heavy atom. The maximum absolute atomic E-state index is 13.6. The van der Waals surface area contributed by atoms with E-state index in [1.54, 1.807) is 85.1 Å². The van der Waals surface area contributed by atoms with Gasteiger partial charge in [0.1, 0.15) is 24.1 Å². The zero-order valence-electron chi connectivity index (χ0n) is 31.0. The van der Waals surface area contributed by atoms with Gasteiger partial charge in [0.15, 0.2) is 0 Å². The molecular formula is C40H44N8O7. The second kappa shape index (κ2) is 19.3. The van der Waals surface area contributed by atoms with Crippen LogP contribution in [-0.4, -0.2) is 64.7 Å². The average Bonchev–Trinajstić information content (AvgIpc) is 3.52. The molecule has 0 saturated heterocycles. The number of ether oxygens (including phenoxy) is 3. The summed E-state index contributed by atoms with van der Waals surface area (Å²) in [6.07, 6.45) is 3.11. The molecule has 0 atom stereocenters. The standard InChI is InChI=1S/C40H44N8O7/c1-4-5-8-23-54-39(51)44-31-15-10-27(11-16-31)26-55-40(52)46-37(41)28-12-17-30(18-13-28)43-25-35-45-32-24-29(14-19-33(32)47(35)2)38(50)48(22-20-36(49)53-3)34-9-6-7-21-42-34/h6-7,9-19,21,24,43H,4-5,8,20,22-23,25-26H2,1-3H3,(H,44,51)(H2,41,46,52). The molecule has 0 spiro atoms. The van der Waals surface area contributed by atoms with Crippen LogP contribution in [0.3, 0.4) is 0 Å². The molecule has 2 aromatic heterocycles. The van der Waals surface area contributed by atoms with E-state index in [-0.39, 0.29) is 31.3 Å². The van der Waals surface area contributed by atoms with Gasteiger partial charge in [0.05, 0.1) is 37.7 Å². The van der Waals surface area contributed by atoms with Gasteiger partial charge in [-0.3, -0.25) is 19.8 Å². The third kappa shape index (κ3) is 11.1. The number of aromatic nitrogens is 3. The molecule has 55 heavy (non-hydrogen) atoms. The average molecular weight is 749 g/mol. The molecule has 0 aliphatic rings. The molecule has 2 heterocycles. The second-order valence-corrected chi connectivity index (χ2v) is 12.4.